The maximum atomic E-state index is 6.14. The van der Waals surface area contributed by atoms with Gasteiger partial charge in [-0.3, -0.25) is 0 Å². The van der Waals surface area contributed by atoms with Crippen molar-refractivity contribution in [1.82, 2.24) is 0 Å². The first-order valence-electron chi connectivity index (χ1n) is 6.75. The molecule has 2 heteroatoms. The van der Waals surface area contributed by atoms with Crippen molar-refractivity contribution in [1.29, 1.82) is 0 Å². The van der Waals surface area contributed by atoms with Crippen LogP contribution in [-0.4, -0.2) is 18.5 Å². The molecule has 0 aliphatic heterocycles. The first kappa shape index (κ1) is 12.8. The van der Waals surface area contributed by atoms with Crippen LogP contribution in [0.5, 0.6) is 0 Å². The number of fused-ring (bicyclic) bond motifs is 2. The Labute approximate surface area is 106 Å². The number of unbranched alkanes of at least 4 members (excludes halogenated alkanes) is 1. The van der Waals surface area contributed by atoms with Gasteiger partial charge in [0.1, 0.15) is 0 Å². The van der Waals surface area contributed by atoms with Gasteiger partial charge in [-0.15, -0.1) is 0 Å². The fraction of sp³-hybridized carbons (Fsp3) is 1.00. The van der Waals surface area contributed by atoms with E-state index < -0.39 is 0 Å². The molecule has 0 N–H and O–H groups in total. The van der Waals surface area contributed by atoms with Gasteiger partial charge in [0.25, 0.3) is 0 Å². The summed E-state index contributed by atoms with van der Waals surface area (Å²) < 4.78 is 6.14. The summed E-state index contributed by atoms with van der Waals surface area (Å²) in [6, 6.07) is 0. The molecule has 0 aromatic rings. The highest BCUT2D eigenvalue weighted by Gasteiger charge is 2.61. The molecule has 1 nitrogen and oxygen atoms in total. The minimum atomic E-state index is 0.429. The van der Waals surface area contributed by atoms with E-state index in [1.54, 1.807) is 0 Å². The van der Waals surface area contributed by atoms with E-state index in [9.17, 15) is 0 Å². The molecule has 2 aliphatic rings. The third-order valence-corrected chi connectivity index (χ3v) is 5.90. The zero-order valence-corrected chi connectivity index (χ0v) is 11.9. The number of hydrogen-bond acceptors (Lipinski definition) is 2. The van der Waals surface area contributed by atoms with Crippen LogP contribution in [0.4, 0.5) is 0 Å². The van der Waals surface area contributed by atoms with Crippen LogP contribution < -0.4 is 0 Å². The van der Waals surface area contributed by atoms with Crippen LogP contribution in [-0.2, 0) is 4.74 Å². The number of hydrogen-bond donors (Lipinski definition) is 1. The molecule has 2 saturated carbocycles. The van der Waals surface area contributed by atoms with Crippen LogP contribution in [0, 0.1) is 16.7 Å². The van der Waals surface area contributed by atoms with E-state index in [0.29, 0.717) is 16.9 Å². The molecule has 3 atom stereocenters. The SMILES string of the molecule is CC1(C)C2CCC1(C)C(OCCCCS)C2. The smallest absolute Gasteiger partial charge is 0.0636 e. The average Bonchev–Trinajstić information content (AvgIpc) is 2.57. The predicted octanol–water partition coefficient (Wildman–Crippen LogP) is 3.93. The molecule has 0 spiro atoms. The van der Waals surface area contributed by atoms with Gasteiger partial charge in [-0.2, -0.15) is 12.6 Å². The maximum Gasteiger partial charge on any atom is 0.0636 e. The Balaban J connectivity index is 1.89. The number of rotatable bonds is 5. The van der Waals surface area contributed by atoms with Gasteiger partial charge >= 0.3 is 0 Å². The van der Waals surface area contributed by atoms with E-state index in [0.717, 1.165) is 18.3 Å². The molecule has 0 amide bonds. The van der Waals surface area contributed by atoms with E-state index in [1.807, 2.05) is 0 Å². The molecular formula is C14H26OS. The third-order valence-electron chi connectivity index (χ3n) is 5.59. The van der Waals surface area contributed by atoms with Gasteiger partial charge in [0, 0.05) is 6.61 Å². The molecule has 3 unspecified atom stereocenters. The van der Waals surface area contributed by atoms with E-state index in [-0.39, 0.29) is 0 Å². The second-order valence-corrected chi connectivity index (χ2v) is 6.85. The molecule has 2 rings (SSSR count). The maximum absolute atomic E-state index is 6.14. The third kappa shape index (κ3) is 1.82. The average molecular weight is 242 g/mol. The Kier molecular flexibility index (Phi) is 3.61. The fourth-order valence-corrected chi connectivity index (χ4v) is 4.05. The number of ether oxygens (including phenoxy) is 1. The summed E-state index contributed by atoms with van der Waals surface area (Å²) in [5, 5.41) is 0. The molecule has 2 fully saturated rings. The highest BCUT2D eigenvalue weighted by atomic mass is 32.1. The Morgan fingerprint density at radius 1 is 1.25 bits per heavy atom. The standard InChI is InChI=1S/C14H26OS/c1-13(2)11-6-7-14(13,3)12(10-11)15-8-4-5-9-16/h11-12,16H,4-10H2,1-3H3. The summed E-state index contributed by atoms with van der Waals surface area (Å²) in [4.78, 5) is 0. The normalized spacial score (nSPS) is 40.5. The van der Waals surface area contributed by atoms with E-state index in [4.69, 9.17) is 4.74 Å². The molecule has 2 aliphatic carbocycles. The van der Waals surface area contributed by atoms with Crippen molar-refractivity contribution in [3.05, 3.63) is 0 Å². The molecule has 0 aromatic carbocycles. The van der Waals surface area contributed by atoms with Crippen molar-refractivity contribution >= 4 is 12.6 Å². The zero-order chi connectivity index (χ0) is 11.8. The van der Waals surface area contributed by atoms with Crippen LogP contribution >= 0.6 is 12.6 Å². The van der Waals surface area contributed by atoms with Crippen molar-refractivity contribution in [2.75, 3.05) is 12.4 Å². The summed E-state index contributed by atoms with van der Waals surface area (Å²) in [6.45, 7) is 8.27. The lowest BCUT2D eigenvalue weighted by atomic mass is 9.70. The first-order valence-corrected chi connectivity index (χ1v) is 7.38. The summed E-state index contributed by atoms with van der Waals surface area (Å²) in [6.07, 6.45) is 6.94. The molecule has 2 bridgehead atoms. The van der Waals surface area contributed by atoms with Crippen LogP contribution in [0.15, 0.2) is 0 Å². The van der Waals surface area contributed by atoms with Gasteiger partial charge < -0.3 is 4.74 Å². The van der Waals surface area contributed by atoms with Crippen LogP contribution in [0.2, 0.25) is 0 Å². The lowest BCUT2D eigenvalue weighted by Crippen LogP contribution is -2.37. The Bertz CT molecular complexity index is 251. The molecule has 0 heterocycles. The van der Waals surface area contributed by atoms with Crippen molar-refractivity contribution < 1.29 is 4.74 Å². The van der Waals surface area contributed by atoms with Gasteiger partial charge in [-0.25, -0.2) is 0 Å². The summed E-state index contributed by atoms with van der Waals surface area (Å²) in [7, 11) is 0. The summed E-state index contributed by atoms with van der Waals surface area (Å²) >= 11 is 4.23. The fourth-order valence-electron chi connectivity index (χ4n) is 3.82. The van der Waals surface area contributed by atoms with E-state index in [1.165, 1.54) is 32.1 Å². The summed E-state index contributed by atoms with van der Waals surface area (Å²) in [5.74, 6) is 1.88. The largest absolute Gasteiger partial charge is 0.378 e. The first-order chi connectivity index (χ1) is 7.52. The van der Waals surface area contributed by atoms with Crippen molar-refractivity contribution in [3.8, 4) is 0 Å². The number of thiol groups is 1. The predicted molar refractivity (Wildman–Crippen MR) is 72.1 cm³/mol. The van der Waals surface area contributed by atoms with Gasteiger partial charge in [0.05, 0.1) is 6.10 Å². The molecule has 0 aromatic heterocycles. The van der Waals surface area contributed by atoms with Crippen LogP contribution in [0.25, 0.3) is 0 Å². The van der Waals surface area contributed by atoms with Crippen molar-refractivity contribution in [2.24, 2.45) is 16.7 Å². The Morgan fingerprint density at radius 2 is 2.00 bits per heavy atom. The van der Waals surface area contributed by atoms with Crippen molar-refractivity contribution in [2.45, 2.75) is 59.0 Å². The molecule has 16 heavy (non-hydrogen) atoms. The second-order valence-electron chi connectivity index (χ2n) is 6.40. The molecule has 0 radical (unpaired) electrons. The highest BCUT2D eigenvalue weighted by molar-refractivity contribution is 7.80. The van der Waals surface area contributed by atoms with E-state index in [2.05, 4.69) is 33.4 Å². The second kappa shape index (κ2) is 4.53. The lowest BCUT2D eigenvalue weighted by Gasteiger charge is -2.38. The lowest BCUT2D eigenvalue weighted by molar-refractivity contribution is -0.0471. The topological polar surface area (TPSA) is 9.23 Å². The molecule has 0 saturated heterocycles. The summed E-state index contributed by atoms with van der Waals surface area (Å²) in [5.41, 5.74) is 0.917. The van der Waals surface area contributed by atoms with Crippen LogP contribution in [0.3, 0.4) is 0 Å². The quantitative estimate of drug-likeness (QED) is 0.568. The monoisotopic (exact) mass is 242 g/mol. The van der Waals surface area contributed by atoms with Gasteiger partial charge in [-0.05, 0) is 54.6 Å². The highest BCUT2D eigenvalue weighted by Crippen LogP contribution is 2.66. The molecule has 94 valence electrons. The minimum absolute atomic E-state index is 0.429. The Morgan fingerprint density at radius 3 is 2.50 bits per heavy atom. The van der Waals surface area contributed by atoms with Crippen molar-refractivity contribution in [3.63, 3.8) is 0 Å². The van der Waals surface area contributed by atoms with Gasteiger partial charge in [0.15, 0.2) is 0 Å². The van der Waals surface area contributed by atoms with Gasteiger partial charge in [-0.1, -0.05) is 20.8 Å². The van der Waals surface area contributed by atoms with Crippen LogP contribution in [0.1, 0.15) is 52.9 Å². The minimum Gasteiger partial charge on any atom is -0.378 e. The molecular weight excluding hydrogens is 216 g/mol. The van der Waals surface area contributed by atoms with Gasteiger partial charge in [0.2, 0.25) is 0 Å². The zero-order valence-electron chi connectivity index (χ0n) is 11.0. The van der Waals surface area contributed by atoms with E-state index >= 15 is 0 Å². The Hall–Kier alpha value is 0.310.